The molecule has 0 spiro atoms. The average molecular weight is 426 g/mol. The highest BCUT2D eigenvalue weighted by Crippen LogP contribution is 2.26. The van der Waals surface area contributed by atoms with Crippen LogP contribution in [0, 0.1) is 0 Å². The third-order valence-corrected chi connectivity index (χ3v) is 6.16. The van der Waals surface area contributed by atoms with Crippen LogP contribution in [0.4, 0.5) is 0 Å². The Kier molecular flexibility index (Phi) is 6.31. The van der Waals surface area contributed by atoms with Gasteiger partial charge in [0.25, 0.3) is 0 Å². The van der Waals surface area contributed by atoms with Crippen LogP contribution < -0.4 is 9.88 Å². The first-order valence-electron chi connectivity index (χ1n) is 8.42. The Bertz CT molecular complexity index is 1030. The van der Waals surface area contributed by atoms with E-state index in [-0.39, 0.29) is 4.90 Å². The second-order valence-electron chi connectivity index (χ2n) is 5.84. The van der Waals surface area contributed by atoms with Crippen molar-refractivity contribution in [3.8, 4) is 5.75 Å². The van der Waals surface area contributed by atoms with Crippen molar-refractivity contribution in [1.29, 1.82) is 0 Å². The molecule has 0 aliphatic rings. The van der Waals surface area contributed by atoms with E-state index in [2.05, 4.69) is 9.55 Å². The van der Waals surface area contributed by atoms with Crippen LogP contribution in [0.2, 0.25) is 5.02 Å². The second-order valence-corrected chi connectivity index (χ2v) is 8.90. The molecule has 6 nitrogen and oxygen atoms in total. The standard InChI is InChI=1S/C18H20ClN3O3S2/c1-2-22-17-9-8-15(27(20,23)24)12-16(17)21-18(22)26-11-3-10-25-14-6-4-13(19)5-7-14/h4-9,12H,2-3,10-11H2,1H3,(H2,20,23,24). The van der Waals surface area contributed by atoms with E-state index < -0.39 is 10.0 Å². The number of halogens is 1. The number of ether oxygens (including phenoxy) is 1. The Hall–Kier alpha value is -1.74. The Morgan fingerprint density at radius 2 is 1.96 bits per heavy atom. The summed E-state index contributed by atoms with van der Waals surface area (Å²) in [6.45, 7) is 3.37. The zero-order valence-electron chi connectivity index (χ0n) is 14.8. The lowest BCUT2D eigenvalue weighted by molar-refractivity contribution is 0.318. The molecule has 1 aromatic heterocycles. The lowest BCUT2D eigenvalue weighted by Crippen LogP contribution is -2.11. The molecule has 0 atom stereocenters. The third kappa shape index (κ3) is 4.95. The van der Waals surface area contributed by atoms with Crippen LogP contribution in [0.1, 0.15) is 13.3 Å². The molecule has 144 valence electrons. The molecule has 0 saturated carbocycles. The molecule has 0 radical (unpaired) electrons. The van der Waals surface area contributed by atoms with Gasteiger partial charge in [-0.05, 0) is 55.8 Å². The van der Waals surface area contributed by atoms with Crippen LogP contribution in [0.5, 0.6) is 5.75 Å². The number of hydrogen-bond acceptors (Lipinski definition) is 5. The molecule has 0 amide bonds. The summed E-state index contributed by atoms with van der Waals surface area (Å²) in [7, 11) is -3.74. The van der Waals surface area contributed by atoms with Gasteiger partial charge < -0.3 is 9.30 Å². The Labute approximate surface area is 167 Å². The van der Waals surface area contributed by atoms with Gasteiger partial charge in [0.05, 0.1) is 22.5 Å². The van der Waals surface area contributed by atoms with Crippen molar-refractivity contribution in [3.05, 3.63) is 47.5 Å². The molecular weight excluding hydrogens is 406 g/mol. The maximum absolute atomic E-state index is 11.5. The Morgan fingerprint density at radius 1 is 1.22 bits per heavy atom. The number of fused-ring (bicyclic) bond motifs is 1. The molecule has 0 unspecified atom stereocenters. The molecule has 3 aromatic rings. The van der Waals surface area contributed by atoms with Crippen LogP contribution in [0.25, 0.3) is 11.0 Å². The van der Waals surface area contributed by atoms with Gasteiger partial charge in [-0.2, -0.15) is 0 Å². The predicted molar refractivity (Wildman–Crippen MR) is 109 cm³/mol. The molecule has 1 heterocycles. The molecule has 2 aromatic carbocycles. The van der Waals surface area contributed by atoms with Crippen molar-refractivity contribution in [3.63, 3.8) is 0 Å². The number of primary sulfonamides is 1. The van der Waals surface area contributed by atoms with E-state index in [0.717, 1.165) is 35.1 Å². The molecule has 0 fully saturated rings. The lowest BCUT2D eigenvalue weighted by Gasteiger charge is -2.07. The van der Waals surface area contributed by atoms with E-state index in [1.807, 2.05) is 19.1 Å². The van der Waals surface area contributed by atoms with Crippen LogP contribution in [-0.4, -0.2) is 30.3 Å². The molecule has 9 heteroatoms. The number of imidazole rings is 1. The van der Waals surface area contributed by atoms with Gasteiger partial charge in [0.1, 0.15) is 5.75 Å². The van der Waals surface area contributed by atoms with E-state index in [1.54, 1.807) is 30.0 Å². The van der Waals surface area contributed by atoms with Gasteiger partial charge in [-0.1, -0.05) is 23.4 Å². The van der Waals surface area contributed by atoms with Crippen molar-refractivity contribution in [1.82, 2.24) is 9.55 Å². The van der Waals surface area contributed by atoms with E-state index in [9.17, 15) is 8.42 Å². The maximum Gasteiger partial charge on any atom is 0.238 e. The summed E-state index contributed by atoms with van der Waals surface area (Å²) in [5.74, 6) is 1.62. The van der Waals surface area contributed by atoms with Gasteiger partial charge in [-0.25, -0.2) is 18.5 Å². The highest BCUT2D eigenvalue weighted by atomic mass is 35.5. The monoisotopic (exact) mass is 425 g/mol. The molecule has 0 bridgehead atoms. The van der Waals surface area contributed by atoms with E-state index >= 15 is 0 Å². The molecule has 0 aliphatic carbocycles. The fourth-order valence-corrected chi connectivity index (χ4v) is 4.27. The van der Waals surface area contributed by atoms with E-state index in [0.29, 0.717) is 17.1 Å². The van der Waals surface area contributed by atoms with Crippen molar-refractivity contribution in [2.45, 2.75) is 29.9 Å². The average Bonchev–Trinajstić information content (AvgIpc) is 2.98. The smallest absolute Gasteiger partial charge is 0.238 e. The van der Waals surface area contributed by atoms with Gasteiger partial charge in [0.2, 0.25) is 10.0 Å². The van der Waals surface area contributed by atoms with Crippen molar-refractivity contribution < 1.29 is 13.2 Å². The zero-order valence-corrected chi connectivity index (χ0v) is 17.1. The summed E-state index contributed by atoms with van der Waals surface area (Å²) in [5.41, 5.74) is 1.52. The lowest BCUT2D eigenvalue weighted by atomic mass is 10.3. The summed E-state index contributed by atoms with van der Waals surface area (Å²) in [4.78, 5) is 4.65. The summed E-state index contributed by atoms with van der Waals surface area (Å²) >= 11 is 7.47. The van der Waals surface area contributed by atoms with Crippen LogP contribution >= 0.6 is 23.4 Å². The SMILES string of the molecule is CCn1c(SCCCOc2ccc(Cl)cc2)nc2cc(S(N)(=O)=O)ccc21. The summed E-state index contributed by atoms with van der Waals surface area (Å²) < 4.78 is 30.8. The van der Waals surface area contributed by atoms with Crippen molar-refractivity contribution >= 4 is 44.4 Å². The fourth-order valence-electron chi connectivity index (χ4n) is 2.62. The quantitative estimate of drug-likeness (QED) is 0.436. The largest absolute Gasteiger partial charge is 0.494 e. The second kappa shape index (κ2) is 8.52. The highest BCUT2D eigenvalue weighted by Gasteiger charge is 2.14. The number of thioether (sulfide) groups is 1. The highest BCUT2D eigenvalue weighted by molar-refractivity contribution is 7.99. The molecule has 0 saturated heterocycles. The molecule has 27 heavy (non-hydrogen) atoms. The number of rotatable bonds is 8. The molecule has 2 N–H and O–H groups in total. The normalized spacial score (nSPS) is 11.8. The first-order valence-corrected chi connectivity index (χ1v) is 11.3. The van der Waals surface area contributed by atoms with Crippen LogP contribution in [0.15, 0.2) is 52.5 Å². The van der Waals surface area contributed by atoms with Gasteiger partial charge >= 0.3 is 0 Å². The van der Waals surface area contributed by atoms with Crippen LogP contribution in [-0.2, 0) is 16.6 Å². The summed E-state index contributed by atoms with van der Waals surface area (Å²) in [6.07, 6.45) is 0.850. The molecule has 3 rings (SSSR count). The molecular formula is C18H20ClN3O3S2. The minimum Gasteiger partial charge on any atom is -0.494 e. The summed E-state index contributed by atoms with van der Waals surface area (Å²) in [5, 5.41) is 6.74. The number of benzene rings is 2. The minimum atomic E-state index is -3.74. The number of nitrogens with zero attached hydrogens (tertiary/aromatic N) is 2. The third-order valence-electron chi connectivity index (χ3n) is 3.93. The van der Waals surface area contributed by atoms with E-state index in [1.165, 1.54) is 12.1 Å². The van der Waals surface area contributed by atoms with Gasteiger partial charge in [-0.3, -0.25) is 0 Å². The van der Waals surface area contributed by atoms with Crippen molar-refractivity contribution in [2.24, 2.45) is 5.14 Å². The Balaban J connectivity index is 1.63. The maximum atomic E-state index is 11.5. The molecule has 0 aliphatic heterocycles. The number of hydrogen-bond donors (Lipinski definition) is 1. The van der Waals surface area contributed by atoms with Gasteiger partial charge in [-0.15, -0.1) is 0 Å². The predicted octanol–water partition coefficient (Wildman–Crippen LogP) is 3.92. The number of nitrogens with two attached hydrogens (primary N) is 1. The van der Waals surface area contributed by atoms with Crippen LogP contribution in [0.3, 0.4) is 0 Å². The number of aromatic nitrogens is 2. The van der Waals surface area contributed by atoms with Crippen molar-refractivity contribution in [2.75, 3.05) is 12.4 Å². The topological polar surface area (TPSA) is 87.2 Å². The minimum absolute atomic E-state index is 0.0728. The summed E-state index contributed by atoms with van der Waals surface area (Å²) in [6, 6.07) is 12.1. The zero-order chi connectivity index (χ0) is 19.4. The fraction of sp³-hybridized carbons (Fsp3) is 0.278. The first kappa shape index (κ1) is 20.0. The first-order chi connectivity index (χ1) is 12.9. The number of aryl methyl sites for hydroxylation is 1. The van der Waals surface area contributed by atoms with Gasteiger partial charge in [0.15, 0.2) is 5.16 Å². The Morgan fingerprint density at radius 3 is 2.63 bits per heavy atom. The van der Waals surface area contributed by atoms with E-state index in [4.69, 9.17) is 21.5 Å². The number of sulfonamides is 1. The van der Waals surface area contributed by atoms with Gasteiger partial charge in [0, 0.05) is 17.3 Å².